The second-order valence-electron chi connectivity index (χ2n) is 2.88. The van der Waals surface area contributed by atoms with Crippen molar-refractivity contribution in [3.05, 3.63) is 34.1 Å². The van der Waals surface area contributed by atoms with Crippen LogP contribution in [-0.4, -0.2) is 19.5 Å². The van der Waals surface area contributed by atoms with Crippen LogP contribution in [0.4, 0.5) is 4.39 Å². The summed E-state index contributed by atoms with van der Waals surface area (Å²) in [4.78, 5) is 11.2. The molecule has 1 aromatic rings. The predicted octanol–water partition coefficient (Wildman–Crippen LogP) is 2.35. The number of carbonyl (C=O) groups is 1. The van der Waals surface area contributed by atoms with Gasteiger partial charge in [0.05, 0.1) is 0 Å². The minimum absolute atomic E-state index is 0.0198. The molecule has 1 aromatic carbocycles. The first-order valence-corrected chi connectivity index (χ1v) is 4.87. The molecule has 0 N–H and O–H groups in total. The van der Waals surface area contributed by atoms with Gasteiger partial charge in [-0.1, -0.05) is 15.9 Å². The number of hydrogen-bond acceptors (Lipinski definition) is 2. The van der Waals surface area contributed by atoms with Crippen molar-refractivity contribution in [3.8, 4) is 0 Å². The molecule has 0 aliphatic carbocycles. The second-order valence-corrected chi connectivity index (χ2v) is 3.80. The third-order valence-electron chi connectivity index (χ3n) is 1.70. The standard InChI is InChI=1S/C10H10BrFO2/c1-14-6-9(13)5-7-4-8(11)2-3-10(7)12/h2-4H,5-6H2,1H3. The first-order valence-electron chi connectivity index (χ1n) is 4.08. The Morgan fingerprint density at radius 2 is 2.29 bits per heavy atom. The first kappa shape index (κ1) is 11.3. The molecular formula is C10H10BrFO2. The van der Waals surface area contributed by atoms with Gasteiger partial charge >= 0.3 is 0 Å². The Labute approximate surface area is 90.2 Å². The molecular weight excluding hydrogens is 251 g/mol. The van der Waals surface area contributed by atoms with Crippen LogP contribution in [0.2, 0.25) is 0 Å². The number of rotatable bonds is 4. The van der Waals surface area contributed by atoms with E-state index in [1.54, 1.807) is 12.1 Å². The minimum atomic E-state index is -0.363. The van der Waals surface area contributed by atoms with E-state index in [1.807, 2.05) is 0 Å². The Hall–Kier alpha value is -0.740. The van der Waals surface area contributed by atoms with Crippen LogP contribution in [0.25, 0.3) is 0 Å². The number of benzene rings is 1. The van der Waals surface area contributed by atoms with E-state index in [2.05, 4.69) is 20.7 Å². The second kappa shape index (κ2) is 5.22. The van der Waals surface area contributed by atoms with Gasteiger partial charge in [-0.2, -0.15) is 0 Å². The average Bonchev–Trinajstić information content (AvgIpc) is 2.12. The van der Waals surface area contributed by atoms with Crippen molar-refractivity contribution < 1.29 is 13.9 Å². The van der Waals surface area contributed by atoms with Crippen LogP contribution >= 0.6 is 15.9 Å². The van der Waals surface area contributed by atoms with Gasteiger partial charge in [0.1, 0.15) is 12.4 Å². The summed E-state index contributed by atoms with van der Waals surface area (Å²) in [6.07, 6.45) is 0.0686. The molecule has 0 saturated heterocycles. The fourth-order valence-corrected chi connectivity index (χ4v) is 1.51. The van der Waals surface area contributed by atoms with Crippen molar-refractivity contribution in [2.45, 2.75) is 6.42 Å². The van der Waals surface area contributed by atoms with E-state index in [0.717, 1.165) is 4.47 Å². The molecule has 0 atom stereocenters. The zero-order chi connectivity index (χ0) is 10.6. The molecule has 0 radical (unpaired) electrons. The van der Waals surface area contributed by atoms with Crippen molar-refractivity contribution in [2.24, 2.45) is 0 Å². The number of Topliss-reactive ketones (excluding diaryl/α,β-unsaturated/α-hetero) is 1. The van der Waals surface area contributed by atoms with Gasteiger partial charge in [0.2, 0.25) is 0 Å². The Bertz CT molecular complexity index is 339. The zero-order valence-electron chi connectivity index (χ0n) is 7.72. The molecule has 0 aliphatic heterocycles. The van der Waals surface area contributed by atoms with E-state index in [1.165, 1.54) is 13.2 Å². The van der Waals surface area contributed by atoms with E-state index in [0.29, 0.717) is 5.56 Å². The van der Waals surface area contributed by atoms with Crippen LogP contribution in [0, 0.1) is 5.82 Å². The lowest BCUT2D eigenvalue weighted by Gasteiger charge is -2.02. The molecule has 0 heterocycles. The number of ether oxygens (including phenoxy) is 1. The highest BCUT2D eigenvalue weighted by Gasteiger charge is 2.08. The lowest BCUT2D eigenvalue weighted by Crippen LogP contribution is -2.10. The molecule has 1 rings (SSSR count). The van der Waals surface area contributed by atoms with Gasteiger partial charge in [0.25, 0.3) is 0 Å². The van der Waals surface area contributed by atoms with Gasteiger partial charge in [0.15, 0.2) is 5.78 Å². The van der Waals surface area contributed by atoms with Crippen LogP contribution in [0.15, 0.2) is 22.7 Å². The lowest BCUT2D eigenvalue weighted by atomic mass is 10.1. The zero-order valence-corrected chi connectivity index (χ0v) is 9.30. The van der Waals surface area contributed by atoms with Crippen molar-refractivity contribution in [1.29, 1.82) is 0 Å². The van der Waals surface area contributed by atoms with Crippen molar-refractivity contribution >= 4 is 21.7 Å². The molecule has 0 aromatic heterocycles. The maximum atomic E-state index is 13.2. The fraction of sp³-hybridized carbons (Fsp3) is 0.300. The van der Waals surface area contributed by atoms with E-state index in [-0.39, 0.29) is 24.6 Å². The molecule has 0 spiro atoms. The smallest absolute Gasteiger partial charge is 0.162 e. The highest BCUT2D eigenvalue weighted by Crippen LogP contribution is 2.16. The van der Waals surface area contributed by atoms with Gasteiger partial charge in [-0.15, -0.1) is 0 Å². The summed E-state index contributed by atoms with van der Waals surface area (Å²) in [7, 11) is 1.44. The molecule has 0 fully saturated rings. The Kier molecular flexibility index (Phi) is 4.22. The predicted molar refractivity (Wildman–Crippen MR) is 54.7 cm³/mol. The summed E-state index contributed by atoms with van der Waals surface area (Å²) < 4.78 is 18.6. The molecule has 0 aliphatic rings. The van der Waals surface area contributed by atoms with Crippen molar-refractivity contribution in [3.63, 3.8) is 0 Å². The quantitative estimate of drug-likeness (QED) is 0.831. The van der Waals surface area contributed by atoms with Crippen molar-refractivity contribution in [1.82, 2.24) is 0 Å². The van der Waals surface area contributed by atoms with E-state index in [9.17, 15) is 9.18 Å². The number of halogens is 2. The van der Waals surface area contributed by atoms with Crippen LogP contribution in [0.3, 0.4) is 0 Å². The van der Waals surface area contributed by atoms with E-state index < -0.39 is 0 Å². The molecule has 0 bridgehead atoms. The topological polar surface area (TPSA) is 26.3 Å². The Morgan fingerprint density at radius 1 is 1.57 bits per heavy atom. The van der Waals surface area contributed by atoms with Gasteiger partial charge in [-0.25, -0.2) is 4.39 Å². The molecule has 0 unspecified atom stereocenters. The highest BCUT2D eigenvalue weighted by atomic mass is 79.9. The van der Waals surface area contributed by atoms with Crippen LogP contribution in [-0.2, 0) is 16.0 Å². The average molecular weight is 261 g/mol. The Balaban J connectivity index is 2.75. The molecule has 4 heteroatoms. The third-order valence-corrected chi connectivity index (χ3v) is 2.19. The summed E-state index contributed by atoms with van der Waals surface area (Å²) in [5.41, 5.74) is 0.390. The normalized spacial score (nSPS) is 10.2. The summed E-state index contributed by atoms with van der Waals surface area (Å²) in [5, 5.41) is 0. The molecule has 76 valence electrons. The molecule has 0 saturated carbocycles. The lowest BCUT2D eigenvalue weighted by molar-refractivity contribution is -0.122. The van der Waals surface area contributed by atoms with E-state index in [4.69, 9.17) is 0 Å². The maximum Gasteiger partial charge on any atom is 0.162 e. The summed E-state index contributed by atoms with van der Waals surface area (Å²) in [6.45, 7) is 0.0198. The summed E-state index contributed by atoms with van der Waals surface area (Å²) in [6, 6.07) is 4.53. The third kappa shape index (κ3) is 3.20. The fourth-order valence-electron chi connectivity index (χ4n) is 1.10. The number of ketones is 1. The minimum Gasteiger partial charge on any atom is -0.377 e. The van der Waals surface area contributed by atoms with Gasteiger partial charge in [-0.3, -0.25) is 4.79 Å². The largest absolute Gasteiger partial charge is 0.377 e. The highest BCUT2D eigenvalue weighted by molar-refractivity contribution is 9.10. The maximum absolute atomic E-state index is 13.2. The summed E-state index contributed by atoms with van der Waals surface area (Å²) in [5.74, 6) is -0.498. The number of carbonyl (C=O) groups excluding carboxylic acids is 1. The molecule has 0 amide bonds. The van der Waals surface area contributed by atoms with E-state index >= 15 is 0 Å². The SMILES string of the molecule is COCC(=O)Cc1cc(Br)ccc1F. The van der Waals surface area contributed by atoms with Gasteiger partial charge < -0.3 is 4.74 Å². The monoisotopic (exact) mass is 260 g/mol. The number of methoxy groups -OCH3 is 1. The van der Waals surface area contributed by atoms with Crippen LogP contribution in [0.1, 0.15) is 5.56 Å². The molecule has 2 nitrogen and oxygen atoms in total. The van der Waals surface area contributed by atoms with Gasteiger partial charge in [0, 0.05) is 18.0 Å². The van der Waals surface area contributed by atoms with Crippen LogP contribution in [0.5, 0.6) is 0 Å². The van der Waals surface area contributed by atoms with Gasteiger partial charge in [-0.05, 0) is 23.8 Å². The van der Waals surface area contributed by atoms with Crippen molar-refractivity contribution in [2.75, 3.05) is 13.7 Å². The molecule has 14 heavy (non-hydrogen) atoms. The summed E-state index contributed by atoms with van der Waals surface area (Å²) >= 11 is 3.22. The number of hydrogen-bond donors (Lipinski definition) is 0. The first-order chi connectivity index (χ1) is 6.63. The Morgan fingerprint density at radius 3 is 2.93 bits per heavy atom. The van der Waals surface area contributed by atoms with Crippen LogP contribution < -0.4 is 0 Å².